The van der Waals surface area contributed by atoms with E-state index in [1.807, 2.05) is 16.8 Å². The first-order valence-electron chi connectivity index (χ1n) is 7.55. The molecule has 2 heterocycles. The Kier molecular flexibility index (Phi) is 5.05. The third kappa shape index (κ3) is 3.60. The lowest BCUT2D eigenvalue weighted by atomic mass is 10.1. The summed E-state index contributed by atoms with van der Waals surface area (Å²) in [4.78, 5) is 18.5. The van der Waals surface area contributed by atoms with E-state index in [1.165, 1.54) is 0 Å². The number of urea groups is 1. The van der Waals surface area contributed by atoms with Crippen LogP contribution in [-0.4, -0.2) is 79.6 Å². The van der Waals surface area contributed by atoms with Gasteiger partial charge in [-0.05, 0) is 19.9 Å². The lowest BCUT2D eigenvalue weighted by Gasteiger charge is -2.31. The predicted octanol–water partition coefficient (Wildman–Crippen LogP) is 0.816. The van der Waals surface area contributed by atoms with Crippen molar-refractivity contribution in [2.24, 2.45) is 0 Å². The minimum atomic E-state index is 0.211. The van der Waals surface area contributed by atoms with Gasteiger partial charge in [0.25, 0.3) is 0 Å². The van der Waals surface area contributed by atoms with Gasteiger partial charge in [-0.25, -0.2) is 4.79 Å². The van der Waals surface area contributed by atoms with Crippen LogP contribution in [0.25, 0.3) is 0 Å². The van der Waals surface area contributed by atoms with Gasteiger partial charge in [0.1, 0.15) is 0 Å². The van der Waals surface area contributed by atoms with Crippen molar-refractivity contribution in [3.05, 3.63) is 0 Å². The fourth-order valence-electron chi connectivity index (χ4n) is 3.14. The maximum absolute atomic E-state index is 12.1. The zero-order valence-corrected chi connectivity index (χ0v) is 12.6. The fraction of sp³-hybridized carbons (Fsp3) is 0.929. The Hall–Kier alpha value is -0.810. The first-order valence-corrected chi connectivity index (χ1v) is 7.55. The maximum Gasteiger partial charge on any atom is 0.320 e. The van der Waals surface area contributed by atoms with Crippen LogP contribution in [0.15, 0.2) is 0 Å². The van der Waals surface area contributed by atoms with Crippen LogP contribution in [0.2, 0.25) is 0 Å². The summed E-state index contributed by atoms with van der Waals surface area (Å²) in [6, 6.07) is 1.16. The number of amides is 2. The Bertz CT molecular complexity index is 310. The Morgan fingerprint density at radius 3 is 2.74 bits per heavy atom. The van der Waals surface area contributed by atoms with Crippen LogP contribution in [0, 0.1) is 0 Å². The average molecular weight is 268 g/mol. The second-order valence-corrected chi connectivity index (χ2v) is 5.98. The molecule has 0 aromatic heterocycles. The van der Waals surface area contributed by atoms with Gasteiger partial charge in [0, 0.05) is 45.8 Å². The Balaban J connectivity index is 1.78. The highest BCUT2D eigenvalue weighted by molar-refractivity contribution is 5.76. The molecule has 0 aromatic carbocycles. The lowest BCUT2D eigenvalue weighted by molar-refractivity contribution is 0.187. The first-order chi connectivity index (χ1) is 9.11. The minimum Gasteiger partial charge on any atom is -0.323 e. The van der Waals surface area contributed by atoms with Gasteiger partial charge in [0.2, 0.25) is 0 Å². The van der Waals surface area contributed by atoms with Gasteiger partial charge in [0.15, 0.2) is 0 Å². The summed E-state index contributed by atoms with van der Waals surface area (Å²) in [6.07, 6.45) is 3.32. The van der Waals surface area contributed by atoms with Crippen LogP contribution >= 0.6 is 0 Å². The molecule has 0 radical (unpaired) electrons. The highest BCUT2D eigenvalue weighted by atomic mass is 16.2. The molecule has 2 unspecified atom stereocenters. The molecule has 2 amide bonds. The van der Waals surface area contributed by atoms with Gasteiger partial charge in [-0.2, -0.15) is 0 Å². The molecule has 5 heteroatoms. The summed E-state index contributed by atoms with van der Waals surface area (Å²) >= 11 is 0. The van der Waals surface area contributed by atoms with E-state index in [4.69, 9.17) is 0 Å². The van der Waals surface area contributed by atoms with Gasteiger partial charge in [-0.15, -0.1) is 0 Å². The van der Waals surface area contributed by atoms with Crippen molar-refractivity contribution in [3.8, 4) is 0 Å². The SMILES string of the molecule is CCCC1CN(CCC2CN(C)CCN2)C(=O)N1C. The summed E-state index contributed by atoms with van der Waals surface area (Å²) in [5.74, 6) is 0. The van der Waals surface area contributed by atoms with Crippen molar-refractivity contribution >= 4 is 6.03 Å². The third-order valence-electron chi connectivity index (χ3n) is 4.38. The highest BCUT2D eigenvalue weighted by Crippen LogP contribution is 2.18. The molecule has 0 aromatic rings. The molecular weight excluding hydrogens is 240 g/mol. The van der Waals surface area contributed by atoms with Crippen LogP contribution in [0.4, 0.5) is 4.79 Å². The topological polar surface area (TPSA) is 38.8 Å². The molecule has 2 rings (SSSR count). The zero-order valence-electron chi connectivity index (χ0n) is 12.6. The van der Waals surface area contributed by atoms with Crippen LogP contribution in [-0.2, 0) is 0 Å². The van der Waals surface area contributed by atoms with Crippen LogP contribution in [0.3, 0.4) is 0 Å². The molecule has 2 atom stereocenters. The van der Waals surface area contributed by atoms with Gasteiger partial charge in [0.05, 0.1) is 6.04 Å². The number of rotatable bonds is 5. The van der Waals surface area contributed by atoms with E-state index in [1.54, 1.807) is 0 Å². The van der Waals surface area contributed by atoms with Gasteiger partial charge in [-0.3, -0.25) is 0 Å². The quantitative estimate of drug-likeness (QED) is 0.802. The Labute approximate surface area is 116 Å². The average Bonchev–Trinajstić information content (AvgIpc) is 2.65. The number of hydrogen-bond acceptors (Lipinski definition) is 3. The second kappa shape index (κ2) is 6.57. The molecule has 5 nitrogen and oxygen atoms in total. The first kappa shape index (κ1) is 14.6. The van der Waals surface area contributed by atoms with Crippen molar-refractivity contribution in [1.82, 2.24) is 20.0 Å². The van der Waals surface area contributed by atoms with E-state index in [0.29, 0.717) is 12.1 Å². The van der Waals surface area contributed by atoms with Gasteiger partial charge < -0.3 is 20.0 Å². The largest absolute Gasteiger partial charge is 0.323 e. The highest BCUT2D eigenvalue weighted by Gasteiger charge is 2.33. The standard InChI is InChI=1S/C14H28N4O/c1-4-5-13-11-18(14(19)17(13)3)8-6-12-10-16(2)9-7-15-12/h12-13,15H,4-11H2,1-3H3. The van der Waals surface area contributed by atoms with Crippen molar-refractivity contribution in [2.45, 2.75) is 38.3 Å². The second-order valence-electron chi connectivity index (χ2n) is 5.98. The fourth-order valence-corrected chi connectivity index (χ4v) is 3.14. The van der Waals surface area contributed by atoms with E-state index in [-0.39, 0.29) is 6.03 Å². The van der Waals surface area contributed by atoms with Crippen molar-refractivity contribution < 1.29 is 4.79 Å². The maximum atomic E-state index is 12.1. The van der Waals surface area contributed by atoms with Crippen LogP contribution in [0.5, 0.6) is 0 Å². The molecule has 2 aliphatic rings. The molecule has 2 fully saturated rings. The Morgan fingerprint density at radius 1 is 1.26 bits per heavy atom. The summed E-state index contributed by atoms with van der Waals surface area (Å²) in [6.45, 7) is 7.26. The molecule has 0 aliphatic carbocycles. The predicted molar refractivity (Wildman–Crippen MR) is 77.3 cm³/mol. The minimum absolute atomic E-state index is 0.211. The van der Waals surface area contributed by atoms with Crippen LogP contribution in [0.1, 0.15) is 26.2 Å². The number of likely N-dealkylation sites (N-methyl/N-ethyl adjacent to an activating group) is 2. The van der Waals surface area contributed by atoms with Crippen molar-refractivity contribution in [3.63, 3.8) is 0 Å². The van der Waals surface area contributed by atoms with Crippen molar-refractivity contribution in [1.29, 1.82) is 0 Å². The van der Waals surface area contributed by atoms with E-state index in [9.17, 15) is 4.79 Å². The third-order valence-corrected chi connectivity index (χ3v) is 4.38. The molecule has 2 saturated heterocycles. The monoisotopic (exact) mass is 268 g/mol. The molecule has 110 valence electrons. The number of nitrogens with zero attached hydrogens (tertiary/aromatic N) is 3. The molecule has 1 N–H and O–H groups in total. The normalized spacial score (nSPS) is 29.3. The molecule has 0 bridgehead atoms. The van der Waals surface area contributed by atoms with E-state index >= 15 is 0 Å². The van der Waals surface area contributed by atoms with Gasteiger partial charge >= 0.3 is 6.03 Å². The number of carbonyl (C=O) groups is 1. The summed E-state index contributed by atoms with van der Waals surface area (Å²) < 4.78 is 0. The summed E-state index contributed by atoms with van der Waals surface area (Å²) in [5.41, 5.74) is 0. The summed E-state index contributed by atoms with van der Waals surface area (Å²) in [7, 11) is 4.11. The molecule has 19 heavy (non-hydrogen) atoms. The van der Waals surface area contributed by atoms with E-state index in [2.05, 4.69) is 24.2 Å². The number of hydrogen-bond donors (Lipinski definition) is 1. The van der Waals surface area contributed by atoms with Gasteiger partial charge in [-0.1, -0.05) is 13.3 Å². The zero-order chi connectivity index (χ0) is 13.8. The lowest BCUT2D eigenvalue weighted by Crippen LogP contribution is -2.50. The van der Waals surface area contributed by atoms with Crippen molar-refractivity contribution in [2.75, 3.05) is 46.8 Å². The molecule has 0 saturated carbocycles. The molecule has 2 aliphatic heterocycles. The van der Waals surface area contributed by atoms with Crippen LogP contribution < -0.4 is 5.32 Å². The summed E-state index contributed by atoms with van der Waals surface area (Å²) in [5, 5.41) is 3.54. The van der Waals surface area contributed by atoms with E-state index < -0.39 is 0 Å². The molecule has 0 spiro atoms. The number of carbonyl (C=O) groups excluding carboxylic acids is 1. The number of nitrogens with one attached hydrogen (secondary N) is 1. The Morgan fingerprint density at radius 2 is 2.05 bits per heavy atom. The number of piperazine rings is 1. The molecular formula is C14H28N4O. The smallest absolute Gasteiger partial charge is 0.320 e. The van der Waals surface area contributed by atoms with E-state index in [0.717, 1.165) is 52.0 Å².